The molecule has 2 amide bonds. The highest BCUT2D eigenvalue weighted by molar-refractivity contribution is 6.00. The van der Waals surface area contributed by atoms with Crippen molar-refractivity contribution in [2.24, 2.45) is 0 Å². The Hall–Kier alpha value is -3.84. The van der Waals surface area contributed by atoms with Crippen LogP contribution < -0.4 is 14.8 Å². The average molecular weight is 558 g/mol. The molecule has 0 aliphatic carbocycles. The maximum absolute atomic E-state index is 13.9. The van der Waals surface area contributed by atoms with Crippen LogP contribution in [-0.2, 0) is 17.8 Å². The number of hydrogen-bond donors (Lipinski definition) is 1. The van der Waals surface area contributed by atoms with E-state index in [-0.39, 0.29) is 11.8 Å². The third-order valence-electron chi connectivity index (χ3n) is 7.51. The van der Waals surface area contributed by atoms with E-state index in [2.05, 4.69) is 37.9 Å². The zero-order valence-corrected chi connectivity index (χ0v) is 24.9. The molecule has 0 radical (unpaired) electrons. The number of rotatable bonds is 12. The van der Waals surface area contributed by atoms with Crippen molar-refractivity contribution in [2.45, 2.75) is 65.8 Å². The van der Waals surface area contributed by atoms with Crippen molar-refractivity contribution in [3.8, 4) is 11.5 Å². The zero-order valence-electron chi connectivity index (χ0n) is 24.9. The van der Waals surface area contributed by atoms with Gasteiger partial charge in [-0.1, -0.05) is 48.5 Å². The largest absolute Gasteiger partial charge is 0.493 e. The first-order valence-corrected chi connectivity index (χ1v) is 14.7. The highest BCUT2D eigenvalue weighted by atomic mass is 16.5. The molecule has 4 rings (SSSR count). The number of nitrogens with one attached hydrogen (secondary N) is 1. The van der Waals surface area contributed by atoms with Crippen LogP contribution in [0.25, 0.3) is 0 Å². The van der Waals surface area contributed by atoms with Gasteiger partial charge in [0.15, 0.2) is 0 Å². The van der Waals surface area contributed by atoms with E-state index in [9.17, 15) is 9.59 Å². The molecule has 0 spiro atoms. The molecule has 0 fully saturated rings. The first-order chi connectivity index (χ1) is 19.8. The Kier molecular flexibility index (Phi) is 10.4. The molecule has 7 heteroatoms. The third kappa shape index (κ3) is 7.47. The molecule has 0 bridgehead atoms. The first kappa shape index (κ1) is 30.1. The summed E-state index contributed by atoms with van der Waals surface area (Å²) in [5.74, 6) is 0.880. The molecule has 0 saturated heterocycles. The fourth-order valence-electron chi connectivity index (χ4n) is 5.53. The summed E-state index contributed by atoms with van der Waals surface area (Å²) in [5.41, 5.74) is 3.39. The van der Waals surface area contributed by atoms with Gasteiger partial charge in [0.05, 0.1) is 12.2 Å². The van der Waals surface area contributed by atoms with Gasteiger partial charge in [0.2, 0.25) is 5.91 Å². The Morgan fingerprint density at radius 1 is 0.951 bits per heavy atom. The second-order valence-electron chi connectivity index (χ2n) is 10.9. The molecule has 1 heterocycles. The number of para-hydroxylation sites is 1. The number of carbonyl (C=O) groups is 2. The summed E-state index contributed by atoms with van der Waals surface area (Å²) in [6.07, 6.45) is 0.624. The van der Waals surface area contributed by atoms with Crippen molar-refractivity contribution in [3.63, 3.8) is 0 Å². The molecule has 1 aliphatic rings. The highest BCUT2D eigenvalue weighted by Gasteiger charge is 2.37. The maximum Gasteiger partial charge on any atom is 0.258 e. The topological polar surface area (TPSA) is 71.1 Å². The van der Waals surface area contributed by atoms with Crippen molar-refractivity contribution in [1.29, 1.82) is 0 Å². The minimum absolute atomic E-state index is 0.182. The van der Waals surface area contributed by atoms with Crippen LogP contribution in [0.2, 0.25) is 0 Å². The number of hydrogen-bond acceptors (Lipinski definition) is 5. The Balaban J connectivity index is 1.59. The summed E-state index contributed by atoms with van der Waals surface area (Å²) < 4.78 is 11.8. The summed E-state index contributed by atoms with van der Waals surface area (Å²) >= 11 is 0. The predicted octanol–water partition coefficient (Wildman–Crippen LogP) is 5.64. The number of fused-ring (bicyclic) bond motifs is 1. The lowest BCUT2D eigenvalue weighted by Crippen LogP contribution is -2.49. The van der Waals surface area contributed by atoms with Crippen molar-refractivity contribution in [3.05, 3.63) is 95.1 Å². The minimum atomic E-state index is -0.754. The van der Waals surface area contributed by atoms with Gasteiger partial charge in [0, 0.05) is 31.7 Å². The van der Waals surface area contributed by atoms with E-state index in [1.807, 2.05) is 67.6 Å². The Labute approximate surface area is 244 Å². The van der Waals surface area contributed by atoms with Gasteiger partial charge in [0.25, 0.3) is 5.91 Å². The smallest absolute Gasteiger partial charge is 0.258 e. The second kappa shape index (κ2) is 14.2. The summed E-state index contributed by atoms with van der Waals surface area (Å²) in [6.45, 7) is 13.1. The summed E-state index contributed by atoms with van der Waals surface area (Å²) in [5, 5.41) is 3.13. The lowest BCUT2D eigenvalue weighted by Gasteiger charge is -2.37. The van der Waals surface area contributed by atoms with Crippen molar-refractivity contribution in [2.75, 3.05) is 26.2 Å². The van der Waals surface area contributed by atoms with Crippen LogP contribution in [0.15, 0.2) is 72.8 Å². The van der Waals surface area contributed by atoms with Gasteiger partial charge in [-0.05, 0) is 82.0 Å². The van der Waals surface area contributed by atoms with E-state index in [1.54, 1.807) is 17.0 Å². The van der Waals surface area contributed by atoms with Crippen molar-refractivity contribution >= 4 is 11.8 Å². The van der Waals surface area contributed by atoms with Gasteiger partial charge in [-0.15, -0.1) is 0 Å². The molecule has 41 heavy (non-hydrogen) atoms. The van der Waals surface area contributed by atoms with Crippen LogP contribution in [0.1, 0.15) is 67.7 Å². The Bertz CT molecular complexity index is 1300. The quantitative estimate of drug-likeness (QED) is 0.312. The van der Waals surface area contributed by atoms with Gasteiger partial charge < -0.3 is 19.7 Å². The number of ether oxygens (including phenoxy) is 2. The summed E-state index contributed by atoms with van der Waals surface area (Å²) in [7, 11) is 0. The minimum Gasteiger partial charge on any atom is -0.493 e. The second-order valence-corrected chi connectivity index (χ2v) is 10.9. The number of amides is 2. The molecule has 1 aliphatic heterocycles. The summed E-state index contributed by atoms with van der Waals surface area (Å²) in [6, 6.07) is 23.1. The average Bonchev–Trinajstić information content (AvgIpc) is 2.97. The standard InChI is InChI=1S/C34H43N3O4/c1-6-40-31-15-11-10-14-30(31)34(39)37-20-18-27-22-28(41-23-26-12-8-7-9-13-26)16-17-29(27)32(37)33(38)35-19-21-36(24(2)3)25(4)5/h7-17,22,24-25,32H,6,18-21,23H2,1-5H3,(H,35,38). The number of carbonyl (C=O) groups excluding carboxylic acids is 2. The fraction of sp³-hybridized carbons (Fsp3) is 0.412. The zero-order chi connectivity index (χ0) is 29.4. The monoisotopic (exact) mass is 557 g/mol. The lowest BCUT2D eigenvalue weighted by atomic mass is 9.91. The normalized spacial score (nSPS) is 14.7. The third-order valence-corrected chi connectivity index (χ3v) is 7.51. The van der Waals surface area contributed by atoms with Crippen LogP contribution in [0.4, 0.5) is 0 Å². The van der Waals surface area contributed by atoms with E-state index in [4.69, 9.17) is 9.47 Å². The van der Waals surface area contributed by atoms with Crippen molar-refractivity contribution in [1.82, 2.24) is 15.1 Å². The van der Waals surface area contributed by atoms with Crippen LogP contribution in [0.5, 0.6) is 11.5 Å². The number of benzene rings is 3. The number of nitrogens with zero attached hydrogens (tertiary/aromatic N) is 2. The molecule has 3 aromatic rings. The fourth-order valence-corrected chi connectivity index (χ4v) is 5.53. The Morgan fingerprint density at radius 3 is 2.37 bits per heavy atom. The summed E-state index contributed by atoms with van der Waals surface area (Å²) in [4.78, 5) is 31.8. The molecule has 0 saturated carbocycles. The van der Waals surface area contributed by atoms with Crippen LogP contribution in [0.3, 0.4) is 0 Å². The first-order valence-electron chi connectivity index (χ1n) is 14.7. The maximum atomic E-state index is 13.9. The van der Waals surface area contributed by atoms with Crippen molar-refractivity contribution < 1.29 is 19.1 Å². The molecule has 7 nitrogen and oxygen atoms in total. The van der Waals surface area contributed by atoms with Gasteiger partial charge in [-0.2, -0.15) is 0 Å². The van der Waals surface area contributed by atoms with Gasteiger partial charge >= 0.3 is 0 Å². The lowest BCUT2D eigenvalue weighted by molar-refractivity contribution is -0.126. The molecule has 0 aromatic heterocycles. The van der Waals surface area contributed by atoms with Gasteiger partial charge in [0.1, 0.15) is 24.1 Å². The molecular formula is C34H43N3O4. The SMILES string of the molecule is CCOc1ccccc1C(=O)N1CCc2cc(OCc3ccccc3)ccc2C1C(=O)NCCN(C(C)C)C(C)C. The van der Waals surface area contributed by atoms with Crippen LogP contribution in [0, 0.1) is 0 Å². The van der Waals surface area contributed by atoms with E-state index in [0.717, 1.165) is 29.0 Å². The molecule has 1 unspecified atom stereocenters. The van der Waals surface area contributed by atoms with Gasteiger partial charge in [-0.3, -0.25) is 14.5 Å². The predicted molar refractivity (Wildman–Crippen MR) is 162 cm³/mol. The van der Waals surface area contributed by atoms with Crippen LogP contribution in [-0.4, -0.2) is 59.9 Å². The molecule has 3 aromatic carbocycles. The van der Waals surface area contributed by atoms with E-state index in [1.165, 1.54) is 0 Å². The Morgan fingerprint density at radius 2 is 1.66 bits per heavy atom. The van der Waals surface area contributed by atoms with Gasteiger partial charge in [-0.25, -0.2) is 0 Å². The van der Waals surface area contributed by atoms with E-state index >= 15 is 0 Å². The van der Waals surface area contributed by atoms with Crippen LogP contribution >= 0.6 is 0 Å². The molecule has 1 atom stereocenters. The molecule has 218 valence electrons. The highest BCUT2D eigenvalue weighted by Crippen LogP contribution is 2.35. The molecular weight excluding hydrogens is 514 g/mol. The van der Waals surface area contributed by atoms with E-state index in [0.29, 0.717) is 56.1 Å². The molecule has 1 N–H and O–H groups in total. The van der Waals surface area contributed by atoms with E-state index < -0.39 is 6.04 Å².